The molecule has 1 unspecified atom stereocenters. The molecule has 2 aromatic carbocycles. The molecular weight excluding hydrogens is 376 g/mol. The number of amides is 1. The average Bonchev–Trinajstić information content (AvgIpc) is 2.62. The van der Waals surface area contributed by atoms with Crippen LogP contribution in [-0.4, -0.2) is 34.6 Å². The summed E-state index contributed by atoms with van der Waals surface area (Å²) in [5, 5.41) is 3.23. The second-order valence-corrected chi connectivity index (χ2v) is 7.74. The number of carbonyl (C=O) groups excluding carboxylic acids is 1. The lowest BCUT2D eigenvalue weighted by Gasteiger charge is -2.19. The Morgan fingerprint density at radius 1 is 1.12 bits per heavy atom. The van der Waals surface area contributed by atoms with E-state index < -0.39 is 16.1 Å². The molecule has 2 N–H and O–H groups in total. The molecule has 0 aromatic heterocycles. The van der Waals surface area contributed by atoms with E-state index in [2.05, 4.69) is 10.0 Å². The summed E-state index contributed by atoms with van der Waals surface area (Å²) in [4.78, 5) is 12.3. The Bertz CT molecular complexity index is 811. The number of sulfonamides is 1. The topological polar surface area (TPSA) is 84.5 Å². The molecule has 140 valence electrons. The molecule has 26 heavy (non-hydrogen) atoms. The fourth-order valence-corrected chi connectivity index (χ4v) is 3.70. The molecule has 0 aliphatic rings. The summed E-state index contributed by atoms with van der Waals surface area (Å²) in [6.45, 7) is 0.737. The number of hydrogen-bond acceptors (Lipinski definition) is 4. The SMILES string of the molecule is COCCNC(=O)CC(NS(=O)(=O)c1ccccc1)c1ccc(Cl)cc1. The molecule has 0 saturated carbocycles. The van der Waals surface area contributed by atoms with E-state index in [-0.39, 0.29) is 17.2 Å². The predicted octanol–water partition coefficient (Wildman–Crippen LogP) is 2.51. The molecule has 2 rings (SSSR count). The van der Waals surface area contributed by atoms with Gasteiger partial charge in [0, 0.05) is 25.1 Å². The van der Waals surface area contributed by atoms with Crippen LogP contribution in [0.25, 0.3) is 0 Å². The van der Waals surface area contributed by atoms with Crippen LogP contribution in [0.3, 0.4) is 0 Å². The van der Waals surface area contributed by atoms with Crippen molar-refractivity contribution in [2.24, 2.45) is 0 Å². The van der Waals surface area contributed by atoms with Gasteiger partial charge in [-0.15, -0.1) is 0 Å². The molecule has 0 saturated heterocycles. The van der Waals surface area contributed by atoms with Crippen molar-refractivity contribution in [3.8, 4) is 0 Å². The van der Waals surface area contributed by atoms with E-state index in [4.69, 9.17) is 16.3 Å². The Balaban J connectivity index is 2.20. The maximum atomic E-state index is 12.6. The van der Waals surface area contributed by atoms with Crippen molar-refractivity contribution in [3.63, 3.8) is 0 Å². The van der Waals surface area contributed by atoms with E-state index in [9.17, 15) is 13.2 Å². The van der Waals surface area contributed by atoms with Crippen LogP contribution >= 0.6 is 11.6 Å². The molecule has 6 nitrogen and oxygen atoms in total. The lowest BCUT2D eigenvalue weighted by Crippen LogP contribution is -2.34. The molecular formula is C18H21ClN2O4S. The molecule has 0 spiro atoms. The third kappa shape index (κ3) is 6.10. The van der Waals surface area contributed by atoms with Gasteiger partial charge in [-0.3, -0.25) is 4.79 Å². The van der Waals surface area contributed by atoms with Gasteiger partial charge in [0.2, 0.25) is 15.9 Å². The molecule has 0 bridgehead atoms. The Kier molecular flexibility index (Phi) is 7.59. The van der Waals surface area contributed by atoms with Crippen molar-refractivity contribution in [1.29, 1.82) is 0 Å². The summed E-state index contributed by atoms with van der Waals surface area (Å²) in [5.41, 5.74) is 0.649. The third-order valence-electron chi connectivity index (χ3n) is 3.64. The Morgan fingerprint density at radius 3 is 2.38 bits per heavy atom. The van der Waals surface area contributed by atoms with E-state index >= 15 is 0 Å². The van der Waals surface area contributed by atoms with Gasteiger partial charge in [-0.25, -0.2) is 13.1 Å². The maximum Gasteiger partial charge on any atom is 0.241 e. The number of methoxy groups -OCH3 is 1. The lowest BCUT2D eigenvalue weighted by atomic mass is 10.0. The Hall–Kier alpha value is -1.93. The highest BCUT2D eigenvalue weighted by Gasteiger charge is 2.23. The molecule has 1 atom stereocenters. The molecule has 0 aliphatic carbocycles. The minimum Gasteiger partial charge on any atom is -0.383 e. The molecule has 0 aliphatic heterocycles. The number of nitrogens with one attached hydrogen (secondary N) is 2. The molecule has 0 heterocycles. The van der Waals surface area contributed by atoms with Gasteiger partial charge in [-0.1, -0.05) is 41.9 Å². The van der Waals surface area contributed by atoms with Gasteiger partial charge >= 0.3 is 0 Å². The number of rotatable bonds is 9. The van der Waals surface area contributed by atoms with Gasteiger partial charge in [-0.2, -0.15) is 0 Å². The minimum absolute atomic E-state index is 0.0442. The van der Waals surface area contributed by atoms with E-state index in [0.717, 1.165) is 0 Å². The van der Waals surface area contributed by atoms with Gasteiger partial charge in [0.25, 0.3) is 0 Å². The van der Waals surface area contributed by atoms with Crippen molar-refractivity contribution in [3.05, 3.63) is 65.2 Å². The molecule has 0 fully saturated rings. The second kappa shape index (κ2) is 9.68. The first-order valence-corrected chi connectivity index (χ1v) is 9.87. The van der Waals surface area contributed by atoms with Crippen molar-refractivity contribution >= 4 is 27.5 Å². The van der Waals surface area contributed by atoms with E-state index in [1.165, 1.54) is 19.2 Å². The zero-order chi connectivity index (χ0) is 19.0. The van der Waals surface area contributed by atoms with Gasteiger partial charge in [0.05, 0.1) is 17.5 Å². The van der Waals surface area contributed by atoms with Crippen LogP contribution in [0.1, 0.15) is 18.0 Å². The lowest BCUT2D eigenvalue weighted by molar-refractivity contribution is -0.121. The fourth-order valence-electron chi connectivity index (χ4n) is 2.33. The van der Waals surface area contributed by atoms with Crippen LogP contribution < -0.4 is 10.0 Å². The monoisotopic (exact) mass is 396 g/mol. The number of ether oxygens (including phenoxy) is 1. The number of hydrogen-bond donors (Lipinski definition) is 2. The van der Waals surface area contributed by atoms with E-state index in [0.29, 0.717) is 23.7 Å². The van der Waals surface area contributed by atoms with Gasteiger partial charge in [-0.05, 0) is 29.8 Å². The summed E-state index contributed by atoms with van der Waals surface area (Å²) in [6, 6.07) is 14.0. The highest BCUT2D eigenvalue weighted by Crippen LogP contribution is 2.22. The first-order valence-electron chi connectivity index (χ1n) is 8.01. The number of benzene rings is 2. The van der Waals surface area contributed by atoms with Crippen LogP contribution in [-0.2, 0) is 19.6 Å². The quantitative estimate of drug-likeness (QED) is 0.638. The van der Waals surface area contributed by atoms with Gasteiger partial charge in [0.15, 0.2) is 0 Å². The summed E-state index contributed by atoms with van der Waals surface area (Å²) >= 11 is 5.90. The second-order valence-electron chi connectivity index (χ2n) is 5.59. The van der Waals surface area contributed by atoms with Gasteiger partial charge in [0.1, 0.15) is 0 Å². The summed E-state index contributed by atoms with van der Waals surface area (Å²) in [6.07, 6.45) is -0.0442. The van der Waals surface area contributed by atoms with Crippen molar-refractivity contribution < 1.29 is 17.9 Å². The van der Waals surface area contributed by atoms with E-state index in [1.807, 2.05) is 0 Å². The minimum atomic E-state index is -3.78. The van der Waals surface area contributed by atoms with Gasteiger partial charge < -0.3 is 10.1 Å². The maximum absolute atomic E-state index is 12.6. The normalized spacial score (nSPS) is 12.5. The van der Waals surface area contributed by atoms with Crippen LogP contribution in [0.15, 0.2) is 59.5 Å². The highest BCUT2D eigenvalue weighted by molar-refractivity contribution is 7.89. The zero-order valence-corrected chi connectivity index (χ0v) is 15.9. The highest BCUT2D eigenvalue weighted by atomic mass is 35.5. The molecule has 0 radical (unpaired) electrons. The smallest absolute Gasteiger partial charge is 0.241 e. The van der Waals surface area contributed by atoms with Crippen LogP contribution in [0.5, 0.6) is 0 Å². The van der Waals surface area contributed by atoms with Crippen LogP contribution in [0, 0.1) is 0 Å². The standard InChI is InChI=1S/C18H21ClN2O4S/c1-25-12-11-20-18(22)13-17(14-7-9-15(19)10-8-14)21-26(23,24)16-5-3-2-4-6-16/h2-10,17,21H,11-13H2,1H3,(H,20,22). The molecule has 2 aromatic rings. The number of halogens is 1. The molecule has 8 heteroatoms. The van der Waals surface area contributed by atoms with Crippen LogP contribution in [0.2, 0.25) is 5.02 Å². The largest absolute Gasteiger partial charge is 0.383 e. The summed E-state index contributed by atoms with van der Waals surface area (Å²) in [5.74, 6) is -0.280. The van der Waals surface area contributed by atoms with E-state index in [1.54, 1.807) is 42.5 Å². The zero-order valence-electron chi connectivity index (χ0n) is 14.3. The van der Waals surface area contributed by atoms with Crippen molar-refractivity contribution in [2.75, 3.05) is 20.3 Å². The fraction of sp³-hybridized carbons (Fsp3) is 0.278. The Morgan fingerprint density at radius 2 is 1.77 bits per heavy atom. The first-order chi connectivity index (χ1) is 12.4. The molecule has 1 amide bonds. The summed E-state index contributed by atoms with van der Waals surface area (Å²) < 4.78 is 32.8. The van der Waals surface area contributed by atoms with Crippen molar-refractivity contribution in [2.45, 2.75) is 17.4 Å². The average molecular weight is 397 g/mol. The Labute approximate surface area is 158 Å². The summed E-state index contributed by atoms with van der Waals surface area (Å²) in [7, 11) is -2.24. The van der Waals surface area contributed by atoms with Crippen LogP contribution in [0.4, 0.5) is 0 Å². The first kappa shape index (κ1) is 20.4. The number of carbonyl (C=O) groups is 1. The van der Waals surface area contributed by atoms with Crippen molar-refractivity contribution in [1.82, 2.24) is 10.0 Å². The third-order valence-corrected chi connectivity index (χ3v) is 5.38. The predicted molar refractivity (Wildman–Crippen MR) is 100 cm³/mol.